The van der Waals surface area contributed by atoms with Crippen LogP contribution >= 0.6 is 23.2 Å². The van der Waals surface area contributed by atoms with Gasteiger partial charge in [0, 0.05) is 30.1 Å². The Hall–Kier alpha value is -2.06. The van der Waals surface area contributed by atoms with Crippen molar-refractivity contribution in [3.8, 4) is 5.75 Å². The maximum Gasteiger partial charge on any atom is 0.224 e. The highest BCUT2D eigenvalue weighted by Crippen LogP contribution is 2.36. The van der Waals surface area contributed by atoms with Crippen molar-refractivity contribution in [2.24, 2.45) is 0 Å². The molecule has 0 spiro atoms. The van der Waals surface area contributed by atoms with Crippen LogP contribution in [0.1, 0.15) is 18.4 Å². The van der Waals surface area contributed by atoms with Crippen molar-refractivity contribution in [1.29, 1.82) is 0 Å². The third kappa shape index (κ3) is 4.07. The van der Waals surface area contributed by atoms with Gasteiger partial charge in [0.15, 0.2) is 0 Å². The molecule has 2 atom stereocenters. The van der Waals surface area contributed by atoms with E-state index in [1.165, 1.54) is 12.1 Å². The van der Waals surface area contributed by atoms with Crippen LogP contribution in [0.3, 0.4) is 0 Å². The second kappa shape index (κ2) is 8.23. The number of β-amino-alcohol motifs (C(OH)–C–C–N with tert-alkyl or cyclic N) is 1. The number of hydrogen-bond acceptors (Lipinski definition) is 5. The molecule has 0 saturated carbocycles. The summed E-state index contributed by atoms with van der Waals surface area (Å²) in [5.41, 5.74) is -0.0813. The minimum Gasteiger partial charge on any atom is -0.490 e. The van der Waals surface area contributed by atoms with Gasteiger partial charge < -0.3 is 25.2 Å². The lowest BCUT2D eigenvalue weighted by molar-refractivity contribution is -0.116. The van der Waals surface area contributed by atoms with E-state index in [0.717, 1.165) is 5.69 Å². The topological polar surface area (TPSA) is 82.0 Å². The van der Waals surface area contributed by atoms with Crippen molar-refractivity contribution < 1.29 is 24.1 Å². The number of amides is 1. The second-order valence-electron chi connectivity index (χ2n) is 7.65. The molecule has 2 aromatic carbocycles. The zero-order valence-electron chi connectivity index (χ0n) is 16.0. The number of anilines is 2. The first-order valence-electron chi connectivity index (χ1n) is 9.61. The van der Waals surface area contributed by atoms with Crippen LogP contribution in [0.25, 0.3) is 0 Å². The maximum atomic E-state index is 14.0. The second-order valence-corrected chi connectivity index (χ2v) is 8.49. The van der Waals surface area contributed by atoms with Crippen LogP contribution in [0.2, 0.25) is 10.0 Å². The predicted molar refractivity (Wildman–Crippen MR) is 113 cm³/mol. The van der Waals surface area contributed by atoms with Gasteiger partial charge in [-0.25, -0.2) is 4.39 Å². The summed E-state index contributed by atoms with van der Waals surface area (Å²) in [4.78, 5) is 13.4. The first-order chi connectivity index (χ1) is 14.3. The minimum atomic E-state index is -1.48. The van der Waals surface area contributed by atoms with Gasteiger partial charge in [-0.15, -0.1) is 0 Å². The van der Waals surface area contributed by atoms with Gasteiger partial charge in [-0.05, 0) is 43.2 Å². The molecule has 0 bridgehead atoms. The number of carbonyl (C=O) groups excluding carboxylic acids is 1. The van der Waals surface area contributed by atoms with Crippen molar-refractivity contribution in [3.63, 3.8) is 0 Å². The lowest BCUT2D eigenvalue weighted by Crippen LogP contribution is -2.58. The largest absolute Gasteiger partial charge is 0.490 e. The summed E-state index contributed by atoms with van der Waals surface area (Å²) in [6.45, 7) is 0.455. The standard InChI is InChI=1S/C21H21Cl2FN2O4/c22-12-1-4-16(14(23)9-12)26-8-7-21(29,18(27)10-26)11-30-17-5-3-15(24)20-13(17)2-6-19(28)25-20/h1,3-5,9,18,27,29H,2,6-8,10-11H2,(H,25,28)/t18-,21+/m1/s1. The Morgan fingerprint density at radius 2 is 2.07 bits per heavy atom. The number of hydrogen-bond donors (Lipinski definition) is 3. The minimum absolute atomic E-state index is 0.114. The van der Waals surface area contributed by atoms with Crippen molar-refractivity contribution in [2.75, 3.05) is 29.9 Å². The Balaban J connectivity index is 1.46. The van der Waals surface area contributed by atoms with Crippen LogP contribution in [0.4, 0.5) is 15.8 Å². The number of halogens is 3. The molecule has 3 N–H and O–H groups in total. The summed E-state index contributed by atoms with van der Waals surface area (Å²) < 4.78 is 19.8. The van der Waals surface area contributed by atoms with Crippen molar-refractivity contribution in [3.05, 3.63) is 51.8 Å². The first kappa shape index (κ1) is 21.2. The molecule has 0 radical (unpaired) electrons. The van der Waals surface area contributed by atoms with Crippen molar-refractivity contribution in [1.82, 2.24) is 0 Å². The summed E-state index contributed by atoms with van der Waals surface area (Å²) in [6, 6.07) is 7.81. The zero-order chi connectivity index (χ0) is 21.5. The lowest BCUT2D eigenvalue weighted by Gasteiger charge is -2.43. The first-order valence-corrected chi connectivity index (χ1v) is 10.4. The molecule has 4 rings (SSSR count). The molecule has 9 heteroatoms. The van der Waals surface area contributed by atoms with Gasteiger partial charge in [0.25, 0.3) is 0 Å². The maximum absolute atomic E-state index is 14.0. The third-order valence-corrected chi connectivity index (χ3v) is 6.18. The van der Waals surface area contributed by atoms with Crippen molar-refractivity contribution >= 4 is 40.5 Å². The number of nitrogens with zero attached hydrogens (tertiary/aromatic N) is 1. The molecule has 160 valence electrons. The molecule has 6 nitrogen and oxygen atoms in total. The molecule has 0 unspecified atom stereocenters. The van der Waals surface area contributed by atoms with Crippen LogP contribution in [0.15, 0.2) is 30.3 Å². The van der Waals surface area contributed by atoms with Crippen LogP contribution < -0.4 is 15.0 Å². The van der Waals surface area contributed by atoms with Gasteiger partial charge in [0.1, 0.15) is 29.9 Å². The van der Waals surface area contributed by atoms with E-state index < -0.39 is 17.5 Å². The quantitative estimate of drug-likeness (QED) is 0.659. The molecular formula is C21H21Cl2FN2O4. The molecule has 30 heavy (non-hydrogen) atoms. The number of fused-ring (bicyclic) bond motifs is 1. The normalized spacial score (nSPS) is 23.7. The number of aliphatic hydroxyl groups is 2. The summed E-state index contributed by atoms with van der Waals surface area (Å²) in [6.07, 6.45) is -0.268. The molecular weight excluding hydrogens is 434 g/mol. The molecule has 2 aliphatic heterocycles. The van der Waals surface area contributed by atoms with Crippen LogP contribution in [-0.2, 0) is 11.2 Å². The van der Waals surface area contributed by atoms with E-state index in [-0.39, 0.29) is 37.6 Å². The number of rotatable bonds is 4. The lowest BCUT2D eigenvalue weighted by atomic mass is 9.89. The fourth-order valence-corrected chi connectivity index (χ4v) is 4.38. The highest BCUT2D eigenvalue weighted by Gasteiger charge is 2.42. The zero-order valence-corrected chi connectivity index (χ0v) is 17.5. The fraction of sp³-hybridized carbons (Fsp3) is 0.381. The van der Waals surface area contributed by atoms with E-state index in [2.05, 4.69) is 5.32 Å². The van der Waals surface area contributed by atoms with Gasteiger partial charge in [-0.3, -0.25) is 4.79 Å². The molecule has 0 aromatic heterocycles. The Labute approximate surface area is 183 Å². The number of aliphatic hydroxyl groups excluding tert-OH is 1. The van der Waals surface area contributed by atoms with Crippen LogP contribution in [-0.4, -0.2) is 47.5 Å². The van der Waals surface area contributed by atoms with E-state index in [4.69, 9.17) is 27.9 Å². The molecule has 1 fully saturated rings. The predicted octanol–water partition coefficient (Wildman–Crippen LogP) is 3.40. The number of nitrogens with one attached hydrogen (secondary N) is 1. The van der Waals surface area contributed by atoms with Gasteiger partial charge in [-0.2, -0.15) is 0 Å². The molecule has 2 aliphatic rings. The SMILES string of the molecule is O=C1CCc2c(OC[C@@]3(O)CCN(c4ccc(Cl)cc4Cl)C[C@H]3O)ccc(F)c2N1. The number of ether oxygens (including phenoxy) is 1. The van der Waals surface area contributed by atoms with Gasteiger partial charge in [0.2, 0.25) is 5.91 Å². The van der Waals surface area contributed by atoms with E-state index in [1.54, 1.807) is 18.2 Å². The Morgan fingerprint density at radius 3 is 2.80 bits per heavy atom. The summed E-state index contributed by atoms with van der Waals surface area (Å²) in [5, 5.41) is 25.1. The molecule has 0 aliphatic carbocycles. The van der Waals surface area contributed by atoms with Gasteiger partial charge in [0.05, 0.1) is 16.4 Å². The Morgan fingerprint density at radius 1 is 1.27 bits per heavy atom. The summed E-state index contributed by atoms with van der Waals surface area (Å²) >= 11 is 12.2. The number of piperidine rings is 1. The third-order valence-electron chi connectivity index (χ3n) is 5.64. The Bertz CT molecular complexity index is 990. The highest BCUT2D eigenvalue weighted by molar-refractivity contribution is 6.36. The molecule has 2 heterocycles. The smallest absolute Gasteiger partial charge is 0.224 e. The van der Waals surface area contributed by atoms with E-state index >= 15 is 0 Å². The van der Waals surface area contributed by atoms with Gasteiger partial charge in [-0.1, -0.05) is 23.2 Å². The van der Waals surface area contributed by atoms with Crippen molar-refractivity contribution in [2.45, 2.75) is 31.0 Å². The Kier molecular flexibility index (Phi) is 5.81. The van der Waals surface area contributed by atoms with Crippen LogP contribution in [0, 0.1) is 5.82 Å². The number of carbonyl (C=O) groups is 1. The molecule has 1 amide bonds. The molecule has 1 saturated heterocycles. The van der Waals surface area contributed by atoms with E-state index in [0.29, 0.717) is 34.3 Å². The fourth-order valence-electron chi connectivity index (χ4n) is 3.85. The molecule has 2 aromatic rings. The summed E-state index contributed by atoms with van der Waals surface area (Å²) in [7, 11) is 0. The van der Waals surface area contributed by atoms with Crippen LogP contribution in [0.5, 0.6) is 5.75 Å². The highest BCUT2D eigenvalue weighted by atomic mass is 35.5. The summed E-state index contributed by atoms with van der Waals surface area (Å²) in [5.74, 6) is -0.395. The average Bonchev–Trinajstić information content (AvgIpc) is 2.70. The van der Waals surface area contributed by atoms with E-state index in [9.17, 15) is 19.4 Å². The van der Waals surface area contributed by atoms with Gasteiger partial charge >= 0.3 is 0 Å². The number of benzene rings is 2. The van der Waals surface area contributed by atoms with E-state index in [1.807, 2.05) is 4.90 Å². The average molecular weight is 455 g/mol. The monoisotopic (exact) mass is 454 g/mol.